The maximum atomic E-state index is 7.26. The van der Waals surface area contributed by atoms with Crippen LogP contribution in [0.4, 0.5) is 0 Å². The Labute approximate surface area is 95.9 Å². The molecule has 1 nitrogen and oxygen atoms in total. The van der Waals surface area contributed by atoms with E-state index < -0.39 is 0 Å². The van der Waals surface area contributed by atoms with Gasteiger partial charge in [-0.05, 0) is 12.2 Å². The zero-order valence-electron chi connectivity index (χ0n) is 3.73. The van der Waals surface area contributed by atoms with Crippen LogP contribution in [-0.2, 0) is 22.4 Å². The van der Waals surface area contributed by atoms with E-state index in [1.807, 2.05) is 0 Å². The Hall–Kier alpha value is 2.27. The third-order valence-corrected chi connectivity index (χ3v) is 0. The van der Waals surface area contributed by atoms with Gasteiger partial charge in [0.05, 0.1) is 0 Å². The van der Waals surface area contributed by atoms with Crippen LogP contribution in [0.1, 0.15) is 1.43 Å². The second-order valence-electron chi connectivity index (χ2n) is 0.105. The topological polar surface area (TPSA) is 20.2 Å². The number of hydrogen-bond acceptors (Lipinski definition) is 1. The van der Waals surface area contributed by atoms with E-state index in [0.29, 0.717) is 5.55 Å². The summed E-state index contributed by atoms with van der Waals surface area (Å²) in [5.74, 6) is 0. The zero-order chi connectivity index (χ0) is 2.71. The molecular formula is CH3AuKOS. The van der Waals surface area contributed by atoms with Crippen LogP contribution in [-0.4, -0.2) is 10.7 Å². The SMILES string of the molecule is OC=S.[Au].[H-].[K+]. The first kappa shape index (κ1) is 15.7. The molecule has 1 radical (unpaired) electrons. The van der Waals surface area contributed by atoms with Crippen molar-refractivity contribution in [3.63, 3.8) is 0 Å². The smallest absolute Gasteiger partial charge is 1.00 e. The first-order chi connectivity index (χ1) is 1.41. The van der Waals surface area contributed by atoms with Crippen LogP contribution in [0, 0.1) is 0 Å². The van der Waals surface area contributed by atoms with Crippen molar-refractivity contribution < 1.29 is 80.3 Å². The van der Waals surface area contributed by atoms with Crippen LogP contribution in [0.5, 0.6) is 0 Å². The molecule has 0 spiro atoms. The van der Waals surface area contributed by atoms with Gasteiger partial charge in [-0.15, -0.1) is 0 Å². The van der Waals surface area contributed by atoms with Crippen molar-refractivity contribution in [3.8, 4) is 0 Å². The summed E-state index contributed by atoms with van der Waals surface area (Å²) in [6, 6.07) is 0. The van der Waals surface area contributed by atoms with Gasteiger partial charge in [0.1, 0.15) is 5.55 Å². The Kier molecular flexibility index (Phi) is 51.1. The van der Waals surface area contributed by atoms with Crippen molar-refractivity contribution in [3.05, 3.63) is 0 Å². The summed E-state index contributed by atoms with van der Waals surface area (Å²) in [6.45, 7) is 0. The van der Waals surface area contributed by atoms with Gasteiger partial charge in [-0.25, -0.2) is 0 Å². The Morgan fingerprint density at radius 1 is 1.80 bits per heavy atom. The Balaban J connectivity index is -0.00000000667. The van der Waals surface area contributed by atoms with Gasteiger partial charge >= 0.3 is 51.4 Å². The summed E-state index contributed by atoms with van der Waals surface area (Å²) < 4.78 is 0. The maximum Gasteiger partial charge on any atom is 1.00 e. The van der Waals surface area contributed by atoms with Crippen molar-refractivity contribution in [1.29, 1.82) is 0 Å². The fourth-order valence-corrected chi connectivity index (χ4v) is 0. The van der Waals surface area contributed by atoms with E-state index >= 15 is 0 Å². The summed E-state index contributed by atoms with van der Waals surface area (Å²) >= 11 is 3.82. The molecule has 0 fully saturated rings. The van der Waals surface area contributed by atoms with E-state index in [0.717, 1.165) is 0 Å². The number of aliphatic hydroxyl groups excluding tert-OH is 1. The molecule has 0 rings (SSSR count). The second-order valence-corrected chi connectivity index (χ2v) is 0.316. The van der Waals surface area contributed by atoms with Crippen LogP contribution >= 0.6 is 12.2 Å². The van der Waals surface area contributed by atoms with E-state index in [1.54, 1.807) is 0 Å². The molecule has 0 aliphatic heterocycles. The molecular weight excluding hydrogens is 296 g/mol. The van der Waals surface area contributed by atoms with Crippen molar-refractivity contribution >= 4 is 17.8 Å². The van der Waals surface area contributed by atoms with E-state index in [4.69, 9.17) is 5.11 Å². The van der Waals surface area contributed by atoms with Gasteiger partial charge in [0.25, 0.3) is 0 Å². The standard InChI is InChI=1S/CH2OS.Au.K.H/c2-1-3;;;/h1H,(H,2,3);;;/q;;+1;-1. The van der Waals surface area contributed by atoms with Gasteiger partial charge in [0.15, 0.2) is 0 Å². The van der Waals surface area contributed by atoms with Gasteiger partial charge in [0, 0.05) is 22.4 Å². The van der Waals surface area contributed by atoms with Crippen molar-refractivity contribution in [2.75, 3.05) is 0 Å². The summed E-state index contributed by atoms with van der Waals surface area (Å²) in [7, 11) is 0. The van der Waals surface area contributed by atoms with Crippen LogP contribution in [0.15, 0.2) is 0 Å². The average molecular weight is 299 g/mol. The van der Waals surface area contributed by atoms with Crippen molar-refractivity contribution in [2.45, 2.75) is 0 Å². The number of hydrogen-bond donors (Lipinski definition) is 1. The first-order valence-electron chi connectivity index (χ1n) is 0.494. The van der Waals surface area contributed by atoms with Crippen LogP contribution in [0.2, 0.25) is 0 Å². The fourth-order valence-electron chi connectivity index (χ4n) is 0. The Morgan fingerprint density at radius 3 is 1.80 bits per heavy atom. The Morgan fingerprint density at radius 2 is 1.80 bits per heavy atom. The van der Waals surface area contributed by atoms with E-state index in [1.165, 1.54) is 0 Å². The molecule has 0 aliphatic rings. The van der Waals surface area contributed by atoms with Crippen LogP contribution in [0.3, 0.4) is 0 Å². The summed E-state index contributed by atoms with van der Waals surface area (Å²) in [4.78, 5) is 0. The van der Waals surface area contributed by atoms with Gasteiger partial charge in [0.2, 0.25) is 0 Å². The van der Waals surface area contributed by atoms with Crippen molar-refractivity contribution in [2.24, 2.45) is 0 Å². The molecule has 0 unspecified atom stereocenters. The molecule has 0 atom stereocenters. The van der Waals surface area contributed by atoms with Gasteiger partial charge in [-0.3, -0.25) is 0 Å². The fraction of sp³-hybridized carbons (Fsp3) is 0. The monoisotopic (exact) mass is 299 g/mol. The number of thiocarbonyl (C=S) groups is 1. The van der Waals surface area contributed by atoms with Gasteiger partial charge in [-0.1, -0.05) is 0 Å². The molecule has 0 aromatic heterocycles. The van der Waals surface area contributed by atoms with Crippen LogP contribution < -0.4 is 51.4 Å². The molecule has 4 heteroatoms. The normalized spacial score (nSPS) is 2.40. The molecule has 0 saturated heterocycles. The minimum atomic E-state index is 0. The summed E-state index contributed by atoms with van der Waals surface area (Å²) in [6.07, 6.45) is 0. The number of rotatable bonds is 0. The summed E-state index contributed by atoms with van der Waals surface area (Å²) in [5.41, 5.74) is 0.583. The molecule has 0 heterocycles. The minimum absolute atomic E-state index is 0. The molecule has 5 heavy (non-hydrogen) atoms. The van der Waals surface area contributed by atoms with Gasteiger partial charge in [-0.2, -0.15) is 0 Å². The molecule has 0 aliphatic carbocycles. The molecule has 0 bridgehead atoms. The molecule has 0 saturated carbocycles. The summed E-state index contributed by atoms with van der Waals surface area (Å²) in [5, 5.41) is 7.26. The third kappa shape index (κ3) is 22.2. The first-order valence-corrected chi connectivity index (χ1v) is 0.965. The van der Waals surface area contributed by atoms with E-state index in [2.05, 4.69) is 12.2 Å². The van der Waals surface area contributed by atoms with Gasteiger partial charge < -0.3 is 6.53 Å². The van der Waals surface area contributed by atoms with Crippen LogP contribution in [0.25, 0.3) is 0 Å². The van der Waals surface area contributed by atoms with Crippen molar-refractivity contribution in [1.82, 2.24) is 0 Å². The predicted molar refractivity (Wildman–Crippen MR) is 17.4 cm³/mol. The minimum Gasteiger partial charge on any atom is -1.00 e. The third-order valence-electron chi connectivity index (χ3n) is 0. The molecule has 0 aromatic rings. The second kappa shape index (κ2) is 16.3. The molecule has 0 aromatic carbocycles. The quantitative estimate of drug-likeness (QED) is 0.398. The maximum absolute atomic E-state index is 7.26. The largest absolute Gasteiger partial charge is 1.00 e. The van der Waals surface area contributed by atoms with E-state index in [-0.39, 0.29) is 75.2 Å². The number of aliphatic hydroxyl groups is 1. The zero-order valence-corrected chi connectivity index (χ0v) is 8.84. The molecule has 31 valence electrons. The van der Waals surface area contributed by atoms with E-state index in [9.17, 15) is 0 Å². The Bertz CT molecular complexity index is 23.0. The molecule has 1 N–H and O–H groups in total. The average Bonchev–Trinajstić information content (AvgIpc) is 0.918. The predicted octanol–water partition coefficient (Wildman–Crippen LogP) is -2.38. The molecule has 0 amide bonds.